The van der Waals surface area contributed by atoms with E-state index in [0.717, 1.165) is 0 Å². The van der Waals surface area contributed by atoms with Gasteiger partial charge in [-0.3, -0.25) is 0 Å². The second-order valence-electron chi connectivity index (χ2n) is 5.90. The minimum Gasteiger partial charge on any atom is -0.452 e. The molecule has 5 nitrogen and oxygen atoms in total. The summed E-state index contributed by atoms with van der Waals surface area (Å²) in [6, 6.07) is 3.48. The van der Waals surface area contributed by atoms with Crippen molar-refractivity contribution >= 4 is 6.02 Å². The molecule has 0 fully saturated rings. The minimum atomic E-state index is -4.64. The second kappa shape index (κ2) is 5.98. The van der Waals surface area contributed by atoms with Gasteiger partial charge in [-0.1, -0.05) is 6.07 Å². The predicted molar refractivity (Wildman–Crippen MR) is 81.9 cm³/mol. The molecule has 2 unspecified atom stereocenters. The van der Waals surface area contributed by atoms with Gasteiger partial charge >= 0.3 is 6.18 Å². The number of hydrogen-bond acceptors (Lipinski definition) is 5. The van der Waals surface area contributed by atoms with Crippen molar-refractivity contribution in [1.29, 1.82) is 0 Å². The highest BCUT2D eigenvalue weighted by Crippen LogP contribution is 2.41. The van der Waals surface area contributed by atoms with E-state index in [1.54, 1.807) is 0 Å². The summed E-state index contributed by atoms with van der Waals surface area (Å²) >= 11 is 0. The van der Waals surface area contributed by atoms with E-state index < -0.39 is 36.1 Å². The van der Waals surface area contributed by atoms with Crippen LogP contribution in [0, 0.1) is 5.82 Å². The molecule has 0 spiro atoms. The molecule has 0 radical (unpaired) electrons. The van der Waals surface area contributed by atoms with Gasteiger partial charge in [0.05, 0.1) is 5.54 Å². The Morgan fingerprint density at radius 1 is 1.20 bits per heavy atom. The molecule has 0 amide bonds. The van der Waals surface area contributed by atoms with Crippen molar-refractivity contribution in [2.75, 3.05) is 0 Å². The first-order valence-corrected chi connectivity index (χ1v) is 7.33. The Hall–Kier alpha value is -2.71. The van der Waals surface area contributed by atoms with E-state index in [9.17, 15) is 17.6 Å². The molecule has 3 rings (SSSR count). The predicted octanol–water partition coefficient (Wildman–Crippen LogP) is 3.16. The lowest BCUT2D eigenvalue weighted by Gasteiger charge is -2.36. The summed E-state index contributed by atoms with van der Waals surface area (Å²) in [4.78, 5) is 11.7. The normalized spacial score (nSPS) is 23.7. The summed E-state index contributed by atoms with van der Waals surface area (Å²) < 4.78 is 58.2. The molecule has 1 aromatic carbocycles. The quantitative estimate of drug-likeness (QED) is 0.841. The molecule has 9 heteroatoms. The van der Waals surface area contributed by atoms with E-state index in [4.69, 9.17) is 5.73 Å². The summed E-state index contributed by atoms with van der Waals surface area (Å²) in [6.45, 7) is 1.39. The number of nitrogens with zero attached hydrogens (tertiary/aromatic N) is 3. The number of ether oxygens (including phenoxy) is 1. The lowest BCUT2D eigenvalue weighted by Crippen LogP contribution is -2.46. The van der Waals surface area contributed by atoms with Crippen molar-refractivity contribution in [3.8, 4) is 11.1 Å². The molecule has 1 aliphatic rings. The van der Waals surface area contributed by atoms with Crippen molar-refractivity contribution in [1.82, 2.24) is 9.97 Å². The monoisotopic (exact) mass is 354 g/mol. The fraction of sp³-hybridized carbons (Fsp3) is 0.312. The highest BCUT2D eigenvalue weighted by molar-refractivity contribution is 5.73. The van der Waals surface area contributed by atoms with Crippen LogP contribution in [0.2, 0.25) is 0 Å². The molecular weight excluding hydrogens is 340 g/mol. The van der Waals surface area contributed by atoms with Gasteiger partial charge in [-0.15, -0.1) is 0 Å². The first kappa shape index (κ1) is 17.1. The van der Waals surface area contributed by atoms with Crippen LogP contribution in [-0.4, -0.2) is 28.3 Å². The molecule has 1 aliphatic heterocycles. The average molecular weight is 354 g/mol. The molecule has 0 aliphatic carbocycles. The molecule has 2 heterocycles. The lowest BCUT2D eigenvalue weighted by molar-refractivity contribution is -0.208. The Balaban J connectivity index is 2.07. The number of amidine groups is 1. The molecule has 0 bridgehead atoms. The van der Waals surface area contributed by atoms with Crippen molar-refractivity contribution < 1.29 is 22.3 Å². The van der Waals surface area contributed by atoms with E-state index in [2.05, 4.69) is 19.7 Å². The van der Waals surface area contributed by atoms with Gasteiger partial charge in [0.15, 0.2) is 6.10 Å². The molecule has 0 saturated carbocycles. The Bertz CT molecular complexity index is 810. The SMILES string of the molecule is CC1(c2cc(-c3cncnc3)ccc2F)CC(C(F)(F)F)OC(N)=N1. The highest BCUT2D eigenvalue weighted by atomic mass is 19.4. The van der Waals surface area contributed by atoms with Crippen molar-refractivity contribution in [3.63, 3.8) is 0 Å². The summed E-state index contributed by atoms with van der Waals surface area (Å²) in [5.74, 6) is -0.678. The van der Waals surface area contributed by atoms with Crippen LogP contribution in [-0.2, 0) is 10.3 Å². The zero-order valence-corrected chi connectivity index (χ0v) is 13.1. The van der Waals surface area contributed by atoms with Gasteiger partial charge in [0.2, 0.25) is 0 Å². The first-order valence-electron chi connectivity index (χ1n) is 7.33. The van der Waals surface area contributed by atoms with Gasteiger partial charge in [0.1, 0.15) is 12.1 Å². The van der Waals surface area contributed by atoms with E-state index in [1.165, 1.54) is 43.8 Å². The minimum absolute atomic E-state index is 0.00523. The Morgan fingerprint density at radius 2 is 1.88 bits per heavy atom. The van der Waals surface area contributed by atoms with Crippen LogP contribution in [0.3, 0.4) is 0 Å². The van der Waals surface area contributed by atoms with Crippen LogP contribution >= 0.6 is 0 Å². The fourth-order valence-electron chi connectivity index (χ4n) is 2.78. The third-order valence-electron chi connectivity index (χ3n) is 4.01. The zero-order chi connectivity index (χ0) is 18.2. The molecule has 0 saturated heterocycles. The van der Waals surface area contributed by atoms with Gasteiger partial charge in [-0.2, -0.15) is 13.2 Å². The largest absolute Gasteiger partial charge is 0.452 e. The molecule has 2 N–H and O–H groups in total. The topological polar surface area (TPSA) is 73.4 Å². The number of hydrogen-bond donors (Lipinski definition) is 1. The Morgan fingerprint density at radius 3 is 2.52 bits per heavy atom. The maximum absolute atomic E-state index is 14.4. The molecule has 1 aromatic heterocycles. The molecule has 2 atom stereocenters. The maximum atomic E-state index is 14.4. The second-order valence-corrected chi connectivity index (χ2v) is 5.90. The van der Waals surface area contributed by atoms with E-state index >= 15 is 0 Å². The van der Waals surface area contributed by atoms with Crippen LogP contribution < -0.4 is 5.73 Å². The number of halogens is 4. The van der Waals surface area contributed by atoms with Crippen molar-refractivity contribution in [2.24, 2.45) is 10.7 Å². The van der Waals surface area contributed by atoms with Gasteiger partial charge in [0, 0.05) is 29.9 Å². The molecule has 2 aromatic rings. The summed E-state index contributed by atoms with van der Waals surface area (Å²) in [5.41, 5.74) is 5.06. The van der Waals surface area contributed by atoms with Crippen LogP contribution in [0.1, 0.15) is 18.9 Å². The number of nitrogens with two attached hydrogens (primary N) is 1. The first-order chi connectivity index (χ1) is 11.7. The smallest absolute Gasteiger partial charge is 0.425 e. The number of alkyl halides is 3. The molecule has 132 valence electrons. The molecule has 25 heavy (non-hydrogen) atoms. The maximum Gasteiger partial charge on any atom is 0.425 e. The van der Waals surface area contributed by atoms with E-state index in [0.29, 0.717) is 11.1 Å². The van der Waals surface area contributed by atoms with Gasteiger partial charge < -0.3 is 10.5 Å². The summed E-state index contributed by atoms with van der Waals surface area (Å²) in [7, 11) is 0. The van der Waals surface area contributed by atoms with Crippen molar-refractivity contribution in [2.45, 2.75) is 31.2 Å². The highest BCUT2D eigenvalue weighted by Gasteiger charge is 2.50. The van der Waals surface area contributed by atoms with Crippen LogP contribution in [0.25, 0.3) is 11.1 Å². The fourth-order valence-corrected chi connectivity index (χ4v) is 2.78. The van der Waals surface area contributed by atoms with E-state index in [1.807, 2.05) is 0 Å². The number of aromatic nitrogens is 2. The Labute approximate surface area is 140 Å². The van der Waals surface area contributed by atoms with Crippen LogP contribution in [0.15, 0.2) is 41.9 Å². The molecular formula is C16H14F4N4O. The van der Waals surface area contributed by atoms with Crippen LogP contribution in [0.4, 0.5) is 17.6 Å². The van der Waals surface area contributed by atoms with Crippen LogP contribution in [0.5, 0.6) is 0 Å². The number of aliphatic imine (C=N–C) groups is 1. The zero-order valence-electron chi connectivity index (χ0n) is 13.1. The van der Waals surface area contributed by atoms with Gasteiger partial charge in [-0.05, 0) is 24.6 Å². The summed E-state index contributed by atoms with van der Waals surface area (Å²) in [6.07, 6.45) is -2.99. The van der Waals surface area contributed by atoms with Gasteiger partial charge in [-0.25, -0.2) is 19.4 Å². The third-order valence-corrected chi connectivity index (χ3v) is 4.01. The lowest BCUT2D eigenvalue weighted by atomic mass is 9.84. The van der Waals surface area contributed by atoms with Crippen molar-refractivity contribution in [3.05, 3.63) is 48.3 Å². The summed E-state index contributed by atoms with van der Waals surface area (Å²) in [5, 5.41) is 0. The van der Waals surface area contributed by atoms with Gasteiger partial charge in [0.25, 0.3) is 6.02 Å². The number of benzene rings is 1. The number of rotatable bonds is 2. The standard InChI is InChI=1S/C16H14F4N4O/c1-15(5-13(16(18,19)20)25-14(21)24-15)11-4-9(2-3-12(11)17)10-6-22-8-23-7-10/h2-4,6-8,13H,5H2,1H3,(H2,21,24). The average Bonchev–Trinajstić information content (AvgIpc) is 2.54. The third kappa shape index (κ3) is 3.40. The van der Waals surface area contributed by atoms with E-state index in [-0.39, 0.29) is 5.56 Å². The Kier molecular flexibility index (Phi) is 4.09.